The molecule has 0 unspecified atom stereocenters. The summed E-state index contributed by atoms with van der Waals surface area (Å²) in [6.07, 6.45) is 0. The molecule has 156 valence electrons. The number of pyridine rings is 1. The lowest BCUT2D eigenvalue weighted by molar-refractivity contribution is 0.102. The predicted octanol–water partition coefficient (Wildman–Crippen LogP) is 4.74. The molecule has 30 heavy (non-hydrogen) atoms. The highest BCUT2D eigenvalue weighted by atomic mass is 35.5. The highest BCUT2D eigenvalue weighted by molar-refractivity contribution is 7.92. The lowest BCUT2D eigenvalue weighted by Crippen LogP contribution is -2.27. The van der Waals surface area contributed by atoms with E-state index >= 15 is 0 Å². The van der Waals surface area contributed by atoms with Gasteiger partial charge < -0.3 is 5.32 Å². The zero-order chi connectivity index (χ0) is 22.1. The van der Waals surface area contributed by atoms with Crippen molar-refractivity contribution in [1.82, 2.24) is 4.98 Å². The molecule has 0 atom stereocenters. The van der Waals surface area contributed by atoms with Crippen LogP contribution in [0.3, 0.4) is 0 Å². The number of rotatable bonds is 5. The van der Waals surface area contributed by atoms with Crippen molar-refractivity contribution in [3.8, 4) is 0 Å². The Bertz CT molecular complexity index is 1200. The summed E-state index contributed by atoms with van der Waals surface area (Å²) in [7, 11) is -2.43. The summed E-state index contributed by atoms with van der Waals surface area (Å²) < 4.78 is 27.3. The molecule has 0 fully saturated rings. The van der Waals surface area contributed by atoms with Gasteiger partial charge in [0.25, 0.3) is 15.9 Å². The third-order valence-electron chi connectivity index (χ3n) is 4.69. The molecular formula is C22H22ClN3O3S. The molecule has 6 nitrogen and oxygen atoms in total. The minimum absolute atomic E-state index is 0.00750. The minimum Gasteiger partial charge on any atom is -0.320 e. The van der Waals surface area contributed by atoms with Crippen molar-refractivity contribution in [2.24, 2.45) is 0 Å². The van der Waals surface area contributed by atoms with Crippen LogP contribution in [0.1, 0.15) is 27.3 Å². The maximum atomic E-state index is 13.1. The van der Waals surface area contributed by atoms with Crippen LogP contribution < -0.4 is 9.62 Å². The second-order valence-electron chi connectivity index (χ2n) is 6.98. The fourth-order valence-corrected chi connectivity index (χ4v) is 4.58. The normalized spacial score (nSPS) is 11.2. The van der Waals surface area contributed by atoms with E-state index in [-0.39, 0.29) is 10.5 Å². The first-order valence-electron chi connectivity index (χ1n) is 9.20. The van der Waals surface area contributed by atoms with Crippen molar-refractivity contribution in [3.63, 3.8) is 0 Å². The first-order chi connectivity index (χ1) is 14.1. The van der Waals surface area contributed by atoms with Crippen LogP contribution in [0.4, 0.5) is 11.4 Å². The van der Waals surface area contributed by atoms with Crippen molar-refractivity contribution in [2.45, 2.75) is 25.7 Å². The number of halogens is 1. The van der Waals surface area contributed by atoms with Crippen molar-refractivity contribution in [1.29, 1.82) is 0 Å². The zero-order valence-corrected chi connectivity index (χ0v) is 18.7. The van der Waals surface area contributed by atoms with Gasteiger partial charge in [0, 0.05) is 23.3 Å². The van der Waals surface area contributed by atoms with Gasteiger partial charge in [0.2, 0.25) is 0 Å². The molecule has 8 heteroatoms. The SMILES string of the molecule is Cc1cc(C)c(NC(=O)c2cccc(S(=O)(=O)N(C)c3cccc(Cl)c3)c2)c(C)n1. The number of aromatic nitrogens is 1. The van der Waals surface area contributed by atoms with Crippen molar-refractivity contribution < 1.29 is 13.2 Å². The molecule has 2 aromatic carbocycles. The van der Waals surface area contributed by atoms with Gasteiger partial charge in [-0.05, 0) is 68.8 Å². The highest BCUT2D eigenvalue weighted by Gasteiger charge is 2.23. The van der Waals surface area contributed by atoms with E-state index in [1.54, 1.807) is 36.4 Å². The van der Waals surface area contributed by atoms with Crippen LogP contribution in [0.15, 0.2) is 59.5 Å². The van der Waals surface area contributed by atoms with Gasteiger partial charge in [-0.1, -0.05) is 23.7 Å². The van der Waals surface area contributed by atoms with Gasteiger partial charge in [0.05, 0.1) is 22.0 Å². The third-order valence-corrected chi connectivity index (χ3v) is 6.71. The Labute approximate surface area is 181 Å². The van der Waals surface area contributed by atoms with Crippen molar-refractivity contribution in [2.75, 3.05) is 16.7 Å². The number of hydrogen-bond donors (Lipinski definition) is 1. The first kappa shape index (κ1) is 21.8. The highest BCUT2D eigenvalue weighted by Crippen LogP contribution is 2.26. The van der Waals surface area contributed by atoms with Crippen molar-refractivity contribution >= 4 is 38.9 Å². The monoisotopic (exact) mass is 443 g/mol. The largest absolute Gasteiger partial charge is 0.320 e. The number of hydrogen-bond acceptors (Lipinski definition) is 4. The van der Waals surface area contributed by atoms with Crippen LogP contribution in [0.25, 0.3) is 0 Å². The second-order valence-corrected chi connectivity index (χ2v) is 9.38. The molecule has 0 saturated carbocycles. The number of sulfonamides is 1. The number of carbonyl (C=O) groups excluding carboxylic acids is 1. The third kappa shape index (κ3) is 4.47. The molecule has 3 rings (SSSR count). The molecule has 0 aliphatic rings. The van der Waals surface area contributed by atoms with E-state index in [1.807, 2.05) is 26.8 Å². The Morgan fingerprint density at radius 3 is 2.40 bits per heavy atom. The minimum atomic E-state index is -3.88. The predicted molar refractivity (Wildman–Crippen MR) is 120 cm³/mol. The molecule has 1 N–H and O–H groups in total. The number of carbonyl (C=O) groups is 1. The van der Waals surface area contributed by atoms with Crippen LogP contribution in [0.5, 0.6) is 0 Å². The fraction of sp³-hybridized carbons (Fsp3) is 0.182. The summed E-state index contributed by atoms with van der Waals surface area (Å²) in [4.78, 5) is 17.2. The molecule has 0 spiro atoms. The second kappa shape index (κ2) is 8.45. The Kier molecular flexibility index (Phi) is 6.14. The van der Waals surface area contributed by atoms with Crippen LogP contribution in [0, 0.1) is 20.8 Å². The standard InChI is InChI=1S/C22H22ClN3O3S/c1-14-11-15(2)24-16(3)21(14)25-22(27)17-7-5-10-20(12-17)30(28,29)26(4)19-9-6-8-18(23)13-19/h5-13H,1-4H3,(H,25,27). The van der Waals surface area contributed by atoms with Crippen LogP contribution in [0.2, 0.25) is 5.02 Å². The van der Waals surface area contributed by atoms with Gasteiger partial charge in [-0.3, -0.25) is 14.1 Å². The summed E-state index contributed by atoms with van der Waals surface area (Å²) in [5, 5.41) is 3.27. The number of nitrogens with zero attached hydrogens (tertiary/aromatic N) is 2. The lowest BCUT2D eigenvalue weighted by atomic mass is 10.1. The van der Waals surface area contributed by atoms with E-state index in [4.69, 9.17) is 11.6 Å². The summed E-state index contributed by atoms with van der Waals surface area (Å²) in [5.41, 5.74) is 3.72. The number of nitrogens with one attached hydrogen (secondary N) is 1. The van der Waals surface area contributed by atoms with E-state index in [2.05, 4.69) is 10.3 Å². The molecule has 0 radical (unpaired) electrons. The quantitative estimate of drug-likeness (QED) is 0.617. The van der Waals surface area contributed by atoms with Crippen LogP contribution in [-0.4, -0.2) is 26.4 Å². The Morgan fingerprint density at radius 2 is 1.73 bits per heavy atom. The average Bonchev–Trinajstić information content (AvgIpc) is 2.70. The smallest absolute Gasteiger partial charge is 0.264 e. The number of amides is 1. The molecule has 1 amide bonds. The molecule has 0 aliphatic heterocycles. The molecule has 0 aliphatic carbocycles. The first-order valence-corrected chi connectivity index (χ1v) is 11.0. The topological polar surface area (TPSA) is 79.4 Å². The number of anilines is 2. The van der Waals surface area contributed by atoms with Crippen LogP contribution in [-0.2, 0) is 10.0 Å². The molecule has 1 aromatic heterocycles. The summed E-state index contributed by atoms with van der Waals surface area (Å²) >= 11 is 5.98. The summed E-state index contributed by atoms with van der Waals surface area (Å²) in [6.45, 7) is 5.59. The molecule has 1 heterocycles. The molecule has 0 saturated heterocycles. The summed E-state index contributed by atoms with van der Waals surface area (Å²) in [5.74, 6) is -0.408. The van der Waals surface area contributed by atoms with Crippen LogP contribution >= 0.6 is 11.6 Å². The zero-order valence-electron chi connectivity index (χ0n) is 17.1. The van der Waals surface area contributed by atoms with Crippen molar-refractivity contribution in [3.05, 3.63) is 82.1 Å². The lowest BCUT2D eigenvalue weighted by Gasteiger charge is -2.20. The van der Waals surface area contributed by atoms with Gasteiger partial charge >= 0.3 is 0 Å². The maximum absolute atomic E-state index is 13.1. The van der Waals surface area contributed by atoms with E-state index in [9.17, 15) is 13.2 Å². The number of aryl methyl sites for hydroxylation is 3. The molecule has 3 aromatic rings. The van der Waals surface area contributed by atoms with E-state index < -0.39 is 15.9 Å². The van der Waals surface area contributed by atoms with Gasteiger partial charge in [0.1, 0.15) is 0 Å². The fourth-order valence-electron chi connectivity index (χ4n) is 3.16. The van der Waals surface area contributed by atoms with Gasteiger partial charge in [-0.2, -0.15) is 0 Å². The van der Waals surface area contributed by atoms with E-state index in [0.717, 1.165) is 15.6 Å². The van der Waals surface area contributed by atoms with Gasteiger partial charge in [0.15, 0.2) is 0 Å². The maximum Gasteiger partial charge on any atom is 0.264 e. The van der Waals surface area contributed by atoms with E-state index in [0.29, 0.717) is 22.1 Å². The number of benzene rings is 2. The molecule has 0 bridgehead atoms. The Morgan fingerprint density at radius 1 is 1.03 bits per heavy atom. The van der Waals surface area contributed by atoms with E-state index in [1.165, 1.54) is 19.2 Å². The molecular weight excluding hydrogens is 422 g/mol. The van der Waals surface area contributed by atoms with Gasteiger partial charge in [-0.25, -0.2) is 8.42 Å². The Balaban J connectivity index is 1.91. The van der Waals surface area contributed by atoms with Gasteiger partial charge in [-0.15, -0.1) is 0 Å². The summed E-state index contributed by atoms with van der Waals surface area (Å²) in [6, 6.07) is 14.4. The average molecular weight is 444 g/mol. The Hall–Kier alpha value is -2.90.